The average Bonchev–Trinajstić information content (AvgIpc) is 2.43. The van der Waals surface area contributed by atoms with Gasteiger partial charge in [-0.25, -0.2) is 0 Å². The molecule has 0 aliphatic carbocycles. The number of hydrogen-bond acceptors (Lipinski definition) is 3. The fourth-order valence-corrected chi connectivity index (χ4v) is 2.62. The predicted octanol–water partition coefficient (Wildman–Crippen LogP) is 1.64. The van der Waals surface area contributed by atoms with Crippen LogP contribution in [0, 0.1) is 11.3 Å². The van der Waals surface area contributed by atoms with E-state index in [0.717, 1.165) is 12.8 Å². The van der Waals surface area contributed by atoms with Crippen molar-refractivity contribution in [3.8, 4) is 0 Å². The molecule has 0 radical (unpaired) electrons. The van der Waals surface area contributed by atoms with E-state index < -0.39 is 11.4 Å². The van der Waals surface area contributed by atoms with Gasteiger partial charge in [0.1, 0.15) is 0 Å². The standard InChI is InChI=1S/C16H28N2O4/c1-11(7-8-13(19)20)17-14(21)12-6-5-9-18(10-12)15(22)16(2,3)4/h11-12H,5-10H2,1-4H3,(H,17,21)(H,19,20). The van der Waals surface area contributed by atoms with Gasteiger partial charge in [-0.05, 0) is 26.2 Å². The van der Waals surface area contributed by atoms with Gasteiger partial charge in [0.25, 0.3) is 0 Å². The molecule has 1 heterocycles. The number of nitrogens with zero attached hydrogens (tertiary/aromatic N) is 1. The first-order valence-electron chi connectivity index (χ1n) is 7.93. The smallest absolute Gasteiger partial charge is 0.303 e. The second kappa shape index (κ2) is 7.61. The zero-order valence-corrected chi connectivity index (χ0v) is 14.0. The molecule has 1 fully saturated rings. The predicted molar refractivity (Wildman–Crippen MR) is 83.2 cm³/mol. The van der Waals surface area contributed by atoms with Crippen molar-refractivity contribution in [3.63, 3.8) is 0 Å². The number of carboxylic acids is 1. The van der Waals surface area contributed by atoms with Gasteiger partial charge < -0.3 is 15.3 Å². The van der Waals surface area contributed by atoms with Crippen LogP contribution in [0.3, 0.4) is 0 Å². The molecule has 22 heavy (non-hydrogen) atoms. The topological polar surface area (TPSA) is 86.7 Å². The van der Waals surface area contributed by atoms with Crippen LogP contribution in [0.4, 0.5) is 0 Å². The van der Waals surface area contributed by atoms with Crippen LogP contribution in [0.5, 0.6) is 0 Å². The van der Waals surface area contributed by atoms with Crippen LogP contribution in [0.25, 0.3) is 0 Å². The van der Waals surface area contributed by atoms with Gasteiger partial charge in [0.05, 0.1) is 5.92 Å². The quantitative estimate of drug-likeness (QED) is 0.808. The molecule has 0 saturated carbocycles. The monoisotopic (exact) mass is 312 g/mol. The minimum atomic E-state index is -0.860. The summed E-state index contributed by atoms with van der Waals surface area (Å²) in [5, 5.41) is 11.5. The lowest BCUT2D eigenvalue weighted by atomic mass is 9.90. The molecule has 1 saturated heterocycles. The molecule has 0 spiro atoms. The summed E-state index contributed by atoms with van der Waals surface area (Å²) in [6.45, 7) is 8.61. The number of carbonyl (C=O) groups is 3. The maximum absolute atomic E-state index is 12.3. The van der Waals surface area contributed by atoms with Gasteiger partial charge in [-0.3, -0.25) is 14.4 Å². The van der Waals surface area contributed by atoms with E-state index in [4.69, 9.17) is 5.11 Å². The average molecular weight is 312 g/mol. The van der Waals surface area contributed by atoms with E-state index in [-0.39, 0.29) is 30.2 Å². The number of nitrogens with one attached hydrogen (secondary N) is 1. The number of rotatable bonds is 5. The third-order valence-corrected chi connectivity index (χ3v) is 3.90. The van der Waals surface area contributed by atoms with E-state index in [1.807, 2.05) is 27.7 Å². The van der Waals surface area contributed by atoms with E-state index in [1.165, 1.54) is 0 Å². The summed E-state index contributed by atoms with van der Waals surface area (Å²) in [7, 11) is 0. The van der Waals surface area contributed by atoms with Crippen molar-refractivity contribution in [2.75, 3.05) is 13.1 Å². The Morgan fingerprint density at radius 1 is 1.32 bits per heavy atom. The molecule has 6 heteroatoms. The molecule has 1 aliphatic rings. The highest BCUT2D eigenvalue weighted by molar-refractivity contribution is 5.84. The number of likely N-dealkylation sites (tertiary alicyclic amines) is 1. The Morgan fingerprint density at radius 2 is 1.95 bits per heavy atom. The van der Waals surface area contributed by atoms with E-state index >= 15 is 0 Å². The third kappa shape index (κ3) is 5.66. The lowest BCUT2D eigenvalue weighted by Gasteiger charge is -2.36. The molecule has 0 aromatic rings. The molecule has 2 unspecified atom stereocenters. The van der Waals surface area contributed by atoms with Crippen LogP contribution in [0.15, 0.2) is 0 Å². The van der Waals surface area contributed by atoms with Gasteiger partial charge in [0.15, 0.2) is 0 Å². The first kappa shape index (κ1) is 18.5. The summed E-state index contributed by atoms with van der Waals surface area (Å²) in [5.74, 6) is -1.07. The zero-order valence-electron chi connectivity index (χ0n) is 14.0. The molecule has 0 aromatic heterocycles. The van der Waals surface area contributed by atoms with Crippen molar-refractivity contribution in [3.05, 3.63) is 0 Å². The van der Waals surface area contributed by atoms with Crippen molar-refractivity contribution in [1.29, 1.82) is 0 Å². The maximum atomic E-state index is 12.3. The number of carbonyl (C=O) groups excluding carboxylic acids is 2. The lowest BCUT2D eigenvalue weighted by Crippen LogP contribution is -2.49. The summed E-state index contributed by atoms with van der Waals surface area (Å²) in [6.07, 6.45) is 2.05. The van der Waals surface area contributed by atoms with E-state index in [0.29, 0.717) is 19.5 Å². The van der Waals surface area contributed by atoms with E-state index in [9.17, 15) is 14.4 Å². The Hall–Kier alpha value is -1.59. The Morgan fingerprint density at radius 3 is 2.50 bits per heavy atom. The van der Waals surface area contributed by atoms with Crippen LogP contribution in [-0.2, 0) is 14.4 Å². The molecule has 126 valence electrons. The highest BCUT2D eigenvalue weighted by atomic mass is 16.4. The molecule has 2 atom stereocenters. The molecule has 1 rings (SSSR count). The normalized spacial score (nSPS) is 20.4. The van der Waals surface area contributed by atoms with E-state index in [1.54, 1.807) is 4.90 Å². The van der Waals surface area contributed by atoms with Crippen LogP contribution in [0.1, 0.15) is 53.4 Å². The lowest BCUT2D eigenvalue weighted by molar-refractivity contribution is -0.143. The summed E-state index contributed by atoms with van der Waals surface area (Å²) in [4.78, 5) is 36.9. The zero-order chi connectivity index (χ0) is 16.9. The number of amides is 2. The fraction of sp³-hybridized carbons (Fsp3) is 0.812. The summed E-state index contributed by atoms with van der Waals surface area (Å²) < 4.78 is 0. The van der Waals surface area contributed by atoms with Gasteiger partial charge in [0.2, 0.25) is 11.8 Å². The summed E-state index contributed by atoms with van der Waals surface area (Å²) >= 11 is 0. The number of carboxylic acid groups (broad SMARTS) is 1. The first-order chi connectivity index (χ1) is 10.1. The Balaban J connectivity index is 2.52. The van der Waals surface area contributed by atoms with Crippen LogP contribution >= 0.6 is 0 Å². The minimum Gasteiger partial charge on any atom is -0.481 e. The molecular weight excluding hydrogens is 284 g/mol. The summed E-state index contributed by atoms with van der Waals surface area (Å²) in [6, 6.07) is -0.169. The summed E-state index contributed by atoms with van der Waals surface area (Å²) in [5.41, 5.74) is -0.437. The van der Waals surface area contributed by atoms with Gasteiger partial charge in [0, 0.05) is 31.0 Å². The Labute approximate surface area is 132 Å². The molecular formula is C16H28N2O4. The Bertz CT molecular complexity index is 428. The van der Waals surface area contributed by atoms with Crippen molar-refractivity contribution in [2.24, 2.45) is 11.3 Å². The van der Waals surface area contributed by atoms with Crippen LogP contribution < -0.4 is 5.32 Å². The molecule has 6 nitrogen and oxygen atoms in total. The molecule has 0 aromatic carbocycles. The number of aliphatic carboxylic acids is 1. The van der Waals surface area contributed by atoms with Crippen molar-refractivity contribution >= 4 is 17.8 Å². The second-order valence-electron chi connectivity index (χ2n) is 7.18. The van der Waals surface area contributed by atoms with E-state index in [2.05, 4.69) is 5.32 Å². The number of piperidine rings is 1. The highest BCUT2D eigenvalue weighted by Crippen LogP contribution is 2.23. The Kier molecular flexibility index (Phi) is 6.38. The van der Waals surface area contributed by atoms with Gasteiger partial charge in [-0.15, -0.1) is 0 Å². The van der Waals surface area contributed by atoms with Crippen molar-refractivity contribution in [1.82, 2.24) is 10.2 Å². The van der Waals surface area contributed by atoms with Crippen molar-refractivity contribution < 1.29 is 19.5 Å². The maximum Gasteiger partial charge on any atom is 0.303 e. The van der Waals surface area contributed by atoms with Gasteiger partial charge in [-0.2, -0.15) is 0 Å². The van der Waals surface area contributed by atoms with Gasteiger partial charge >= 0.3 is 5.97 Å². The highest BCUT2D eigenvalue weighted by Gasteiger charge is 2.33. The third-order valence-electron chi connectivity index (χ3n) is 3.90. The molecule has 1 aliphatic heterocycles. The number of hydrogen-bond donors (Lipinski definition) is 2. The van der Waals surface area contributed by atoms with Gasteiger partial charge in [-0.1, -0.05) is 20.8 Å². The fourth-order valence-electron chi connectivity index (χ4n) is 2.62. The molecule has 2 amide bonds. The second-order valence-corrected chi connectivity index (χ2v) is 7.18. The first-order valence-corrected chi connectivity index (χ1v) is 7.93. The van der Waals surface area contributed by atoms with Crippen LogP contribution in [-0.4, -0.2) is 46.9 Å². The van der Waals surface area contributed by atoms with Crippen molar-refractivity contribution in [2.45, 2.75) is 59.4 Å². The SMILES string of the molecule is CC(CCC(=O)O)NC(=O)C1CCCN(C(=O)C(C)(C)C)C1. The molecule has 0 bridgehead atoms. The van der Waals surface area contributed by atoms with Crippen LogP contribution in [0.2, 0.25) is 0 Å². The minimum absolute atomic E-state index is 0.0424. The largest absolute Gasteiger partial charge is 0.481 e. The molecule has 2 N–H and O–H groups in total.